The predicted molar refractivity (Wildman–Crippen MR) is 61.2 cm³/mol. The second-order valence-corrected chi connectivity index (χ2v) is 6.71. The molecule has 0 saturated carbocycles. The highest BCUT2D eigenvalue weighted by atomic mass is 79.9. The first kappa shape index (κ1) is 12.2. The number of nitrogens with zero attached hydrogens (tertiary/aromatic N) is 1. The van der Waals surface area contributed by atoms with Gasteiger partial charge in [0.05, 0.1) is 15.7 Å². The van der Waals surface area contributed by atoms with E-state index >= 15 is 0 Å². The lowest BCUT2D eigenvalue weighted by molar-refractivity contribution is 0.587. The minimum absolute atomic E-state index is 0.192. The minimum Gasteiger partial charge on any atom is -0.223 e. The van der Waals surface area contributed by atoms with Crippen LogP contribution in [-0.4, -0.2) is 13.7 Å². The molecule has 3 nitrogen and oxygen atoms in total. The van der Waals surface area contributed by atoms with E-state index < -0.39 is 15.1 Å². The lowest BCUT2D eigenvalue weighted by Crippen LogP contribution is -2.14. The molecule has 0 aliphatic rings. The molecule has 1 aromatic carbocycles. The Morgan fingerprint density at radius 1 is 1.40 bits per heavy atom. The van der Waals surface area contributed by atoms with Crippen molar-refractivity contribution in [3.8, 4) is 6.07 Å². The maximum atomic E-state index is 11.8. The molecule has 0 aliphatic heterocycles. The van der Waals surface area contributed by atoms with Gasteiger partial charge >= 0.3 is 0 Å². The van der Waals surface area contributed by atoms with Gasteiger partial charge in [0.1, 0.15) is 6.07 Å². The van der Waals surface area contributed by atoms with Gasteiger partial charge < -0.3 is 0 Å². The van der Waals surface area contributed by atoms with Gasteiger partial charge in [-0.15, -0.1) is 0 Å². The van der Waals surface area contributed by atoms with Gasteiger partial charge in [-0.3, -0.25) is 0 Å². The summed E-state index contributed by atoms with van der Waals surface area (Å²) < 4.78 is 24.2. The van der Waals surface area contributed by atoms with E-state index in [-0.39, 0.29) is 4.90 Å². The Bertz CT molecular complexity index is 515. The highest BCUT2D eigenvalue weighted by Crippen LogP contribution is 2.22. The van der Waals surface area contributed by atoms with Gasteiger partial charge in [-0.2, -0.15) is 5.26 Å². The third kappa shape index (κ3) is 2.39. The predicted octanol–water partition coefficient (Wildman–Crippen LogP) is 2.50. The molecule has 1 rings (SSSR count). The van der Waals surface area contributed by atoms with Gasteiger partial charge in [0.2, 0.25) is 0 Å². The highest BCUT2D eigenvalue weighted by molar-refractivity contribution is 9.10. The van der Waals surface area contributed by atoms with Crippen LogP contribution in [0.2, 0.25) is 0 Å². The van der Waals surface area contributed by atoms with E-state index in [1.165, 1.54) is 12.1 Å². The fraction of sp³-hybridized carbons (Fsp3) is 0.300. The van der Waals surface area contributed by atoms with Crippen molar-refractivity contribution >= 4 is 25.8 Å². The van der Waals surface area contributed by atoms with E-state index in [0.29, 0.717) is 10.0 Å². The van der Waals surface area contributed by atoms with Crippen molar-refractivity contribution in [2.45, 2.75) is 24.0 Å². The number of sulfone groups is 1. The topological polar surface area (TPSA) is 57.9 Å². The molecule has 0 atom stereocenters. The Kier molecular flexibility index (Phi) is 3.53. The molecule has 15 heavy (non-hydrogen) atoms. The van der Waals surface area contributed by atoms with Gasteiger partial charge in [-0.1, -0.05) is 0 Å². The van der Waals surface area contributed by atoms with Crippen LogP contribution in [0.3, 0.4) is 0 Å². The molecule has 0 N–H and O–H groups in total. The molecule has 5 heteroatoms. The Balaban J connectivity index is 3.37. The standard InChI is InChI=1S/C10H10BrNO2S/c1-7(2)15(13,14)9-3-4-10(11)8(5-9)6-12/h3-5,7H,1-2H3. The van der Waals surface area contributed by atoms with E-state index in [1.54, 1.807) is 19.9 Å². The van der Waals surface area contributed by atoms with Gasteiger partial charge in [0.15, 0.2) is 9.84 Å². The average Bonchev–Trinajstić information content (AvgIpc) is 2.18. The lowest BCUT2D eigenvalue weighted by Gasteiger charge is -2.08. The number of hydrogen-bond donors (Lipinski definition) is 0. The monoisotopic (exact) mass is 287 g/mol. The summed E-state index contributed by atoms with van der Waals surface area (Å²) in [4.78, 5) is 0.192. The van der Waals surface area contributed by atoms with E-state index in [1.807, 2.05) is 6.07 Å². The van der Waals surface area contributed by atoms with Crippen LogP contribution in [0, 0.1) is 11.3 Å². The van der Waals surface area contributed by atoms with Crippen LogP contribution in [0.5, 0.6) is 0 Å². The SMILES string of the molecule is CC(C)S(=O)(=O)c1ccc(Br)c(C#N)c1. The van der Waals surface area contributed by atoms with Crippen LogP contribution in [0.4, 0.5) is 0 Å². The molecule has 1 aromatic rings. The summed E-state index contributed by atoms with van der Waals surface area (Å²) in [5.74, 6) is 0. The van der Waals surface area contributed by atoms with Crippen LogP contribution in [0.1, 0.15) is 19.4 Å². The van der Waals surface area contributed by atoms with Crippen molar-refractivity contribution in [3.63, 3.8) is 0 Å². The maximum absolute atomic E-state index is 11.8. The van der Waals surface area contributed by atoms with Crippen LogP contribution in [0.25, 0.3) is 0 Å². The molecule has 0 amide bonds. The van der Waals surface area contributed by atoms with E-state index in [9.17, 15) is 8.42 Å². The summed E-state index contributed by atoms with van der Waals surface area (Å²) in [5, 5.41) is 8.29. The van der Waals surface area contributed by atoms with Crippen molar-refractivity contribution in [1.82, 2.24) is 0 Å². The second-order valence-electron chi connectivity index (χ2n) is 3.35. The fourth-order valence-corrected chi connectivity index (χ4v) is 2.46. The number of benzene rings is 1. The maximum Gasteiger partial charge on any atom is 0.180 e. The van der Waals surface area contributed by atoms with E-state index in [2.05, 4.69) is 15.9 Å². The number of nitriles is 1. The summed E-state index contributed by atoms with van der Waals surface area (Å²) in [6, 6.07) is 6.40. The summed E-state index contributed by atoms with van der Waals surface area (Å²) in [5.41, 5.74) is 0.330. The summed E-state index contributed by atoms with van der Waals surface area (Å²) in [7, 11) is -3.30. The summed E-state index contributed by atoms with van der Waals surface area (Å²) >= 11 is 3.18. The third-order valence-corrected chi connectivity index (χ3v) is 4.85. The molecule has 0 fully saturated rings. The Hall–Kier alpha value is -0.860. The van der Waals surface area contributed by atoms with Gasteiger partial charge in [0, 0.05) is 4.47 Å². The van der Waals surface area contributed by atoms with Crippen molar-refractivity contribution in [1.29, 1.82) is 5.26 Å². The van der Waals surface area contributed by atoms with Gasteiger partial charge in [0.25, 0.3) is 0 Å². The molecular weight excluding hydrogens is 278 g/mol. The van der Waals surface area contributed by atoms with Crippen molar-refractivity contribution in [3.05, 3.63) is 28.2 Å². The third-order valence-electron chi connectivity index (χ3n) is 2.01. The molecule has 0 bridgehead atoms. The zero-order valence-electron chi connectivity index (χ0n) is 8.36. The fourth-order valence-electron chi connectivity index (χ4n) is 1.04. The first-order valence-electron chi connectivity index (χ1n) is 4.33. The molecule has 0 aromatic heterocycles. The van der Waals surface area contributed by atoms with Crippen molar-refractivity contribution < 1.29 is 8.42 Å². The zero-order chi connectivity index (χ0) is 11.6. The van der Waals surface area contributed by atoms with Crippen LogP contribution in [0.15, 0.2) is 27.6 Å². The molecule has 0 unspecified atom stereocenters. The van der Waals surface area contributed by atoms with Crippen LogP contribution >= 0.6 is 15.9 Å². The van der Waals surface area contributed by atoms with Gasteiger partial charge in [-0.25, -0.2) is 8.42 Å². The Labute approximate surface area is 97.8 Å². The molecule has 0 saturated heterocycles. The second kappa shape index (κ2) is 4.33. The zero-order valence-corrected chi connectivity index (χ0v) is 10.8. The van der Waals surface area contributed by atoms with Gasteiger partial charge in [-0.05, 0) is 48.0 Å². The molecule has 0 radical (unpaired) electrons. The average molecular weight is 288 g/mol. The normalized spacial score (nSPS) is 11.4. The Morgan fingerprint density at radius 3 is 2.47 bits per heavy atom. The summed E-state index contributed by atoms with van der Waals surface area (Å²) in [6.07, 6.45) is 0. The molecule has 0 spiro atoms. The highest BCUT2D eigenvalue weighted by Gasteiger charge is 2.19. The molecule has 0 heterocycles. The van der Waals surface area contributed by atoms with Crippen molar-refractivity contribution in [2.24, 2.45) is 0 Å². The summed E-state index contributed by atoms with van der Waals surface area (Å²) in [6.45, 7) is 3.23. The largest absolute Gasteiger partial charge is 0.223 e. The number of halogens is 1. The number of hydrogen-bond acceptors (Lipinski definition) is 3. The van der Waals surface area contributed by atoms with E-state index in [0.717, 1.165) is 0 Å². The van der Waals surface area contributed by atoms with Crippen molar-refractivity contribution in [2.75, 3.05) is 0 Å². The Morgan fingerprint density at radius 2 is 2.00 bits per heavy atom. The first-order valence-corrected chi connectivity index (χ1v) is 6.67. The molecule has 80 valence electrons. The minimum atomic E-state index is -3.30. The van der Waals surface area contributed by atoms with Crippen LogP contribution < -0.4 is 0 Å². The smallest absolute Gasteiger partial charge is 0.180 e. The first-order chi connectivity index (χ1) is 6.89. The van der Waals surface area contributed by atoms with Crippen LogP contribution in [-0.2, 0) is 9.84 Å². The van der Waals surface area contributed by atoms with E-state index in [4.69, 9.17) is 5.26 Å². The molecular formula is C10H10BrNO2S. The molecule has 0 aliphatic carbocycles. The quantitative estimate of drug-likeness (QED) is 0.840. The lowest BCUT2D eigenvalue weighted by atomic mass is 10.2. The number of rotatable bonds is 2.